The Kier molecular flexibility index (Phi) is 4.43. The predicted octanol–water partition coefficient (Wildman–Crippen LogP) is 0.875. The van der Waals surface area contributed by atoms with E-state index in [0.29, 0.717) is 5.46 Å². The van der Waals surface area contributed by atoms with Crippen LogP contribution in [0.5, 0.6) is 0 Å². The van der Waals surface area contributed by atoms with Crippen LogP contribution in [0.1, 0.15) is 18.4 Å². The Morgan fingerprint density at radius 2 is 2.14 bits per heavy atom. The molecule has 14 heavy (non-hydrogen) atoms. The van der Waals surface area contributed by atoms with Crippen molar-refractivity contribution in [3.63, 3.8) is 0 Å². The lowest BCUT2D eigenvalue weighted by atomic mass is 9.79. The van der Waals surface area contributed by atoms with Gasteiger partial charge in [0.05, 0.1) is 0 Å². The van der Waals surface area contributed by atoms with E-state index in [4.69, 9.17) is 10.0 Å². The highest BCUT2D eigenvalue weighted by Gasteiger charge is 2.10. The molecule has 0 unspecified atom stereocenters. The van der Waals surface area contributed by atoms with Crippen molar-refractivity contribution >= 4 is 12.6 Å². The Morgan fingerprint density at radius 3 is 2.79 bits per heavy atom. The average Bonchev–Trinajstić information content (AvgIpc) is 2.19. The van der Waals surface area contributed by atoms with Crippen LogP contribution in [-0.2, 0) is 6.42 Å². The summed E-state index contributed by atoms with van der Waals surface area (Å²) in [4.78, 5) is 0. The highest BCUT2D eigenvalue weighted by atomic mass is 16.4. The predicted molar refractivity (Wildman–Crippen MR) is 59.4 cm³/mol. The first kappa shape index (κ1) is 11.0. The van der Waals surface area contributed by atoms with Crippen molar-refractivity contribution in [1.29, 1.82) is 0 Å². The molecule has 0 amide bonds. The third-order valence-corrected chi connectivity index (χ3v) is 2.12. The third-order valence-electron chi connectivity index (χ3n) is 2.12. The fraction of sp³-hybridized carbons (Fsp3) is 0.273. The van der Waals surface area contributed by atoms with Gasteiger partial charge in [-0.15, -0.1) is 6.58 Å². The first-order valence-electron chi connectivity index (χ1n) is 4.80. The summed E-state index contributed by atoms with van der Waals surface area (Å²) in [6.45, 7) is 3.66. The van der Waals surface area contributed by atoms with Crippen molar-refractivity contribution in [3.8, 4) is 0 Å². The number of benzene rings is 1. The van der Waals surface area contributed by atoms with Crippen molar-refractivity contribution in [1.82, 2.24) is 0 Å². The molecule has 2 N–H and O–H groups in total. The molecule has 0 saturated carbocycles. The second kappa shape index (κ2) is 5.63. The maximum atomic E-state index is 8.96. The van der Waals surface area contributed by atoms with Crippen molar-refractivity contribution in [2.75, 3.05) is 0 Å². The quantitative estimate of drug-likeness (QED) is 0.411. The molecule has 0 atom stereocenters. The maximum absolute atomic E-state index is 8.96. The molecule has 0 aliphatic rings. The summed E-state index contributed by atoms with van der Waals surface area (Å²) in [6.07, 6.45) is 4.89. The van der Waals surface area contributed by atoms with Crippen molar-refractivity contribution in [2.45, 2.75) is 19.3 Å². The Labute approximate surface area is 85.0 Å². The summed E-state index contributed by atoms with van der Waals surface area (Å²) in [7, 11) is -1.37. The molecule has 0 aliphatic carbocycles. The molecule has 2 nitrogen and oxygen atoms in total. The summed E-state index contributed by atoms with van der Waals surface area (Å²) < 4.78 is 0. The summed E-state index contributed by atoms with van der Waals surface area (Å²) in [6, 6.07) is 7.38. The lowest BCUT2D eigenvalue weighted by Crippen LogP contribution is -2.29. The van der Waals surface area contributed by atoms with Gasteiger partial charge >= 0.3 is 7.12 Å². The molecule has 0 radical (unpaired) electrons. The average molecular weight is 190 g/mol. The maximum Gasteiger partial charge on any atom is 0.488 e. The molecule has 0 spiro atoms. The molecule has 0 saturated heterocycles. The molecule has 0 fully saturated rings. The van der Waals surface area contributed by atoms with Crippen LogP contribution in [0.2, 0.25) is 0 Å². The standard InChI is InChI=1S/C11H15BO2/c1-2-3-4-6-10-7-5-8-11(9-10)12(13)14/h2,5,7-9,13-14H,1,3-4,6H2. The highest BCUT2D eigenvalue weighted by molar-refractivity contribution is 6.58. The molecule has 1 rings (SSSR count). The van der Waals surface area contributed by atoms with E-state index in [0.717, 1.165) is 24.8 Å². The number of hydrogen-bond acceptors (Lipinski definition) is 2. The zero-order valence-electron chi connectivity index (χ0n) is 8.19. The minimum Gasteiger partial charge on any atom is -0.423 e. The van der Waals surface area contributed by atoms with Gasteiger partial charge in [-0.05, 0) is 30.3 Å². The van der Waals surface area contributed by atoms with Crippen molar-refractivity contribution in [2.24, 2.45) is 0 Å². The lowest BCUT2D eigenvalue weighted by molar-refractivity contribution is 0.425. The van der Waals surface area contributed by atoms with E-state index in [1.165, 1.54) is 0 Å². The molecule has 74 valence electrons. The molecule has 0 bridgehead atoms. The molecular formula is C11H15BO2. The third kappa shape index (κ3) is 3.36. The van der Waals surface area contributed by atoms with Crippen LogP contribution in [0.4, 0.5) is 0 Å². The van der Waals surface area contributed by atoms with E-state index in [-0.39, 0.29) is 0 Å². The van der Waals surface area contributed by atoms with Gasteiger partial charge in [-0.25, -0.2) is 0 Å². The number of aryl methyl sites for hydroxylation is 1. The van der Waals surface area contributed by atoms with Crippen LogP contribution in [0, 0.1) is 0 Å². The molecule has 1 aromatic rings. The zero-order chi connectivity index (χ0) is 10.4. The van der Waals surface area contributed by atoms with Gasteiger partial charge in [-0.2, -0.15) is 0 Å². The van der Waals surface area contributed by atoms with Gasteiger partial charge in [0.25, 0.3) is 0 Å². The molecule has 3 heteroatoms. The Bertz CT molecular complexity index is 297. The van der Waals surface area contributed by atoms with Crippen LogP contribution in [-0.4, -0.2) is 17.2 Å². The largest absolute Gasteiger partial charge is 0.488 e. The SMILES string of the molecule is C=CCCCc1cccc(B(O)O)c1. The van der Waals surface area contributed by atoms with E-state index >= 15 is 0 Å². The zero-order valence-corrected chi connectivity index (χ0v) is 8.19. The van der Waals surface area contributed by atoms with Crippen LogP contribution in [0.3, 0.4) is 0 Å². The smallest absolute Gasteiger partial charge is 0.423 e. The van der Waals surface area contributed by atoms with Crippen molar-refractivity contribution < 1.29 is 10.0 Å². The first-order valence-corrected chi connectivity index (χ1v) is 4.80. The highest BCUT2D eigenvalue weighted by Crippen LogP contribution is 2.03. The van der Waals surface area contributed by atoms with Gasteiger partial charge in [0, 0.05) is 0 Å². The summed E-state index contributed by atoms with van der Waals surface area (Å²) in [5.74, 6) is 0. The van der Waals surface area contributed by atoms with Crippen LogP contribution in [0.15, 0.2) is 36.9 Å². The molecule has 0 aliphatic heterocycles. The van der Waals surface area contributed by atoms with Crippen LogP contribution < -0.4 is 5.46 Å². The summed E-state index contributed by atoms with van der Waals surface area (Å²) in [5.41, 5.74) is 1.69. The van der Waals surface area contributed by atoms with E-state index in [2.05, 4.69) is 6.58 Å². The lowest BCUT2D eigenvalue weighted by Gasteiger charge is -2.03. The fourth-order valence-corrected chi connectivity index (χ4v) is 1.36. The number of hydrogen-bond donors (Lipinski definition) is 2. The van der Waals surface area contributed by atoms with Gasteiger partial charge in [-0.3, -0.25) is 0 Å². The number of unbranched alkanes of at least 4 members (excludes halogenated alkanes) is 1. The minimum absolute atomic E-state index is 0.557. The second-order valence-electron chi connectivity index (χ2n) is 3.30. The van der Waals surface area contributed by atoms with E-state index in [1.54, 1.807) is 6.07 Å². The van der Waals surface area contributed by atoms with Crippen LogP contribution >= 0.6 is 0 Å². The Balaban J connectivity index is 2.59. The number of allylic oxidation sites excluding steroid dienone is 1. The first-order chi connectivity index (χ1) is 6.74. The van der Waals surface area contributed by atoms with Gasteiger partial charge in [-0.1, -0.05) is 30.3 Å². The van der Waals surface area contributed by atoms with E-state index in [9.17, 15) is 0 Å². The van der Waals surface area contributed by atoms with Crippen LogP contribution in [0.25, 0.3) is 0 Å². The molecular weight excluding hydrogens is 175 g/mol. The Morgan fingerprint density at radius 1 is 1.36 bits per heavy atom. The summed E-state index contributed by atoms with van der Waals surface area (Å²) >= 11 is 0. The van der Waals surface area contributed by atoms with Gasteiger partial charge < -0.3 is 10.0 Å². The number of rotatable bonds is 5. The van der Waals surface area contributed by atoms with Gasteiger partial charge in [0.1, 0.15) is 0 Å². The normalized spacial score (nSPS) is 9.86. The second-order valence-corrected chi connectivity index (χ2v) is 3.30. The summed E-state index contributed by atoms with van der Waals surface area (Å²) in [5, 5.41) is 17.9. The monoisotopic (exact) mass is 190 g/mol. The molecule has 0 aromatic heterocycles. The van der Waals surface area contributed by atoms with Gasteiger partial charge in [0.15, 0.2) is 0 Å². The molecule has 0 heterocycles. The Hall–Kier alpha value is -1.06. The van der Waals surface area contributed by atoms with E-state index in [1.807, 2.05) is 24.3 Å². The minimum atomic E-state index is -1.37. The van der Waals surface area contributed by atoms with Crippen molar-refractivity contribution in [3.05, 3.63) is 42.5 Å². The van der Waals surface area contributed by atoms with E-state index < -0.39 is 7.12 Å². The molecule has 1 aromatic carbocycles. The topological polar surface area (TPSA) is 40.5 Å². The van der Waals surface area contributed by atoms with Gasteiger partial charge in [0.2, 0.25) is 0 Å². The fourth-order valence-electron chi connectivity index (χ4n) is 1.36.